The third-order valence-corrected chi connectivity index (χ3v) is 3.09. The maximum absolute atomic E-state index is 8.92. The summed E-state index contributed by atoms with van der Waals surface area (Å²) in [7, 11) is 0. The van der Waals surface area contributed by atoms with Crippen LogP contribution in [0.5, 0.6) is 0 Å². The molecule has 0 bridgehead atoms. The van der Waals surface area contributed by atoms with Gasteiger partial charge in [0, 0.05) is 10.1 Å². The van der Waals surface area contributed by atoms with Gasteiger partial charge in [0.2, 0.25) is 0 Å². The first-order chi connectivity index (χ1) is 7.21. The summed E-state index contributed by atoms with van der Waals surface area (Å²) >= 11 is 1.46. The first kappa shape index (κ1) is 12.1. The Bertz CT molecular complexity index is 373. The summed E-state index contributed by atoms with van der Waals surface area (Å²) in [5.41, 5.74) is 1.28. The van der Waals surface area contributed by atoms with Gasteiger partial charge in [-0.1, -0.05) is 13.0 Å². The lowest BCUT2D eigenvalue weighted by atomic mass is 10.1. The van der Waals surface area contributed by atoms with Crippen molar-refractivity contribution < 1.29 is 10.2 Å². The van der Waals surface area contributed by atoms with Crippen LogP contribution in [0.25, 0.3) is 0 Å². The Hall–Kier alpha value is -1.02. The Balaban J connectivity index is 2.94. The van der Waals surface area contributed by atoms with Crippen LogP contribution in [0.1, 0.15) is 18.1 Å². The zero-order chi connectivity index (χ0) is 11.3. The molecule has 0 aliphatic rings. The lowest BCUT2D eigenvalue weighted by Gasteiger charge is -2.09. The summed E-state index contributed by atoms with van der Waals surface area (Å²) < 4.78 is 0. The van der Waals surface area contributed by atoms with E-state index in [1.165, 1.54) is 11.8 Å². The molecule has 0 aliphatic carbocycles. The molecule has 0 aromatic heterocycles. The number of aliphatic hydroxyl groups excluding tert-OH is 2. The predicted molar refractivity (Wildman–Crippen MR) is 59.5 cm³/mol. The molecule has 80 valence electrons. The molecule has 0 saturated heterocycles. The second-order valence-electron chi connectivity index (χ2n) is 3.21. The highest BCUT2D eigenvalue weighted by molar-refractivity contribution is 8.00. The van der Waals surface area contributed by atoms with E-state index in [4.69, 9.17) is 15.5 Å². The minimum absolute atomic E-state index is 0.0603. The van der Waals surface area contributed by atoms with E-state index >= 15 is 0 Å². The van der Waals surface area contributed by atoms with E-state index in [1.807, 2.05) is 6.92 Å². The number of benzene rings is 1. The molecular formula is C11H13NO2S. The molecule has 0 aliphatic heterocycles. The van der Waals surface area contributed by atoms with Crippen LogP contribution < -0.4 is 0 Å². The fourth-order valence-electron chi connectivity index (χ4n) is 1.12. The molecule has 0 spiro atoms. The van der Waals surface area contributed by atoms with Gasteiger partial charge in [-0.3, -0.25) is 0 Å². The molecule has 0 amide bonds. The molecule has 1 unspecified atom stereocenters. The molecule has 15 heavy (non-hydrogen) atoms. The largest absolute Gasteiger partial charge is 0.395 e. The number of hydrogen-bond acceptors (Lipinski definition) is 4. The van der Waals surface area contributed by atoms with Gasteiger partial charge in [-0.05, 0) is 17.7 Å². The van der Waals surface area contributed by atoms with Crippen molar-refractivity contribution in [2.24, 2.45) is 0 Å². The second kappa shape index (κ2) is 5.76. The minimum atomic E-state index is -0.0603. The van der Waals surface area contributed by atoms with E-state index in [2.05, 4.69) is 6.07 Å². The van der Waals surface area contributed by atoms with Crippen LogP contribution in [0.4, 0.5) is 0 Å². The van der Waals surface area contributed by atoms with Crippen molar-refractivity contribution in [2.75, 3.05) is 6.61 Å². The topological polar surface area (TPSA) is 64.2 Å². The van der Waals surface area contributed by atoms with Crippen molar-refractivity contribution in [1.82, 2.24) is 0 Å². The SMILES string of the molecule is CC(CO)Sc1ccc(CO)cc1C#N. The van der Waals surface area contributed by atoms with Crippen LogP contribution in [0.15, 0.2) is 23.1 Å². The lowest BCUT2D eigenvalue weighted by molar-refractivity contribution is 0.281. The summed E-state index contributed by atoms with van der Waals surface area (Å²) in [6, 6.07) is 7.35. The zero-order valence-corrected chi connectivity index (χ0v) is 9.29. The number of thioether (sulfide) groups is 1. The van der Waals surface area contributed by atoms with Crippen molar-refractivity contribution in [1.29, 1.82) is 5.26 Å². The average Bonchev–Trinajstić information content (AvgIpc) is 2.29. The highest BCUT2D eigenvalue weighted by atomic mass is 32.2. The van der Waals surface area contributed by atoms with Crippen molar-refractivity contribution in [3.63, 3.8) is 0 Å². The smallest absolute Gasteiger partial charge is 0.100 e. The standard InChI is InChI=1S/C11H13NO2S/c1-8(6-13)15-11-3-2-9(7-14)4-10(11)5-12/h2-4,8,13-14H,6-7H2,1H3. The Morgan fingerprint density at radius 3 is 2.73 bits per heavy atom. The second-order valence-corrected chi connectivity index (χ2v) is 4.69. The quantitative estimate of drug-likeness (QED) is 0.760. The first-order valence-corrected chi connectivity index (χ1v) is 5.50. The van der Waals surface area contributed by atoms with Crippen molar-refractivity contribution in [3.8, 4) is 6.07 Å². The lowest BCUT2D eigenvalue weighted by Crippen LogP contribution is -2.02. The van der Waals surface area contributed by atoms with E-state index in [0.29, 0.717) is 5.56 Å². The summed E-state index contributed by atoms with van der Waals surface area (Å²) in [4.78, 5) is 0.844. The highest BCUT2D eigenvalue weighted by Gasteiger charge is 2.08. The summed E-state index contributed by atoms with van der Waals surface area (Å²) in [5, 5.41) is 26.8. The van der Waals surface area contributed by atoms with Crippen LogP contribution in [0, 0.1) is 11.3 Å². The third kappa shape index (κ3) is 3.24. The summed E-state index contributed by atoms with van der Waals surface area (Å²) in [5.74, 6) is 0. The van der Waals surface area contributed by atoms with Crippen LogP contribution >= 0.6 is 11.8 Å². The fourth-order valence-corrected chi connectivity index (χ4v) is 2.01. The maximum atomic E-state index is 8.92. The molecule has 1 aromatic carbocycles. The molecule has 2 N–H and O–H groups in total. The molecule has 4 heteroatoms. The van der Waals surface area contributed by atoms with Gasteiger partial charge in [0.25, 0.3) is 0 Å². The molecule has 1 atom stereocenters. The van der Waals surface area contributed by atoms with Crippen LogP contribution in [-0.2, 0) is 6.61 Å². The third-order valence-electron chi connectivity index (χ3n) is 1.93. The molecule has 0 fully saturated rings. The summed E-state index contributed by atoms with van der Waals surface area (Å²) in [6.07, 6.45) is 0. The number of rotatable bonds is 4. The number of nitrogens with zero attached hydrogens (tertiary/aromatic N) is 1. The minimum Gasteiger partial charge on any atom is -0.395 e. The van der Waals surface area contributed by atoms with Gasteiger partial charge in [0.05, 0.1) is 18.8 Å². The van der Waals surface area contributed by atoms with Crippen LogP contribution in [0.3, 0.4) is 0 Å². The van der Waals surface area contributed by atoms with Gasteiger partial charge in [-0.25, -0.2) is 0 Å². The van der Waals surface area contributed by atoms with Gasteiger partial charge >= 0.3 is 0 Å². The van der Waals surface area contributed by atoms with E-state index in [-0.39, 0.29) is 18.5 Å². The molecule has 1 aromatic rings. The Labute approximate surface area is 93.4 Å². The predicted octanol–water partition coefficient (Wildman–Crippen LogP) is 1.52. The molecular weight excluding hydrogens is 210 g/mol. The van der Waals surface area contributed by atoms with Crippen molar-refractivity contribution in [2.45, 2.75) is 23.7 Å². The van der Waals surface area contributed by atoms with Gasteiger partial charge in [0.1, 0.15) is 6.07 Å². The van der Waals surface area contributed by atoms with Gasteiger partial charge in [0.15, 0.2) is 0 Å². The number of aliphatic hydroxyl groups is 2. The Morgan fingerprint density at radius 2 is 2.20 bits per heavy atom. The van der Waals surface area contributed by atoms with Gasteiger partial charge in [-0.2, -0.15) is 5.26 Å². The zero-order valence-electron chi connectivity index (χ0n) is 8.47. The average molecular weight is 223 g/mol. The molecule has 3 nitrogen and oxygen atoms in total. The Morgan fingerprint density at radius 1 is 1.47 bits per heavy atom. The number of hydrogen-bond donors (Lipinski definition) is 2. The van der Waals surface area contributed by atoms with Crippen LogP contribution in [-0.4, -0.2) is 22.1 Å². The highest BCUT2D eigenvalue weighted by Crippen LogP contribution is 2.27. The molecule has 0 heterocycles. The fraction of sp³-hybridized carbons (Fsp3) is 0.364. The van der Waals surface area contributed by atoms with E-state index < -0.39 is 0 Å². The van der Waals surface area contributed by atoms with E-state index in [0.717, 1.165) is 10.5 Å². The van der Waals surface area contributed by atoms with E-state index in [9.17, 15) is 0 Å². The van der Waals surface area contributed by atoms with E-state index in [1.54, 1.807) is 18.2 Å². The van der Waals surface area contributed by atoms with Crippen molar-refractivity contribution in [3.05, 3.63) is 29.3 Å². The van der Waals surface area contributed by atoms with Gasteiger partial charge < -0.3 is 10.2 Å². The maximum Gasteiger partial charge on any atom is 0.100 e. The summed E-state index contributed by atoms with van der Waals surface area (Å²) in [6.45, 7) is 1.91. The number of nitriles is 1. The molecule has 0 radical (unpaired) electrons. The monoisotopic (exact) mass is 223 g/mol. The molecule has 1 rings (SSSR count). The first-order valence-electron chi connectivity index (χ1n) is 4.62. The molecule has 0 saturated carbocycles. The van der Waals surface area contributed by atoms with Crippen molar-refractivity contribution >= 4 is 11.8 Å². The Kier molecular flexibility index (Phi) is 4.63. The van der Waals surface area contributed by atoms with Gasteiger partial charge in [-0.15, -0.1) is 11.8 Å². The normalized spacial score (nSPS) is 12.1. The van der Waals surface area contributed by atoms with Crippen LogP contribution in [0.2, 0.25) is 0 Å².